The molecule has 1 saturated carbocycles. The smallest absolute Gasteiger partial charge is 0.0226 e. The zero-order valence-corrected chi connectivity index (χ0v) is 13.2. The Morgan fingerprint density at radius 3 is 2.53 bits per heavy atom. The summed E-state index contributed by atoms with van der Waals surface area (Å²) in [6.07, 6.45) is 9.86. The Morgan fingerprint density at radius 2 is 1.84 bits per heavy atom. The van der Waals surface area contributed by atoms with Gasteiger partial charge in [0.15, 0.2) is 0 Å². The lowest BCUT2D eigenvalue weighted by Crippen LogP contribution is -2.48. The monoisotopic (exact) mass is 267 g/mol. The summed E-state index contributed by atoms with van der Waals surface area (Å²) in [5, 5.41) is 3.82. The van der Waals surface area contributed by atoms with Crippen molar-refractivity contribution in [1.29, 1.82) is 0 Å². The van der Waals surface area contributed by atoms with Gasteiger partial charge in [0.25, 0.3) is 0 Å². The molecule has 1 aliphatic heterocycles. The summed E-state index contributed by atoms with van der Waals surface area (Å²) < 4.78 is 0. The first-order chi connectivity index (χ1) is 9.16. The molecule has 2 atom stereocenters. The highest BCUT2D eigenvalue weighted by molar-refractivity contribution is 4.86. The van der Waals surface area contributed by atoms with E-state index in [1.807, 2.05) is 0 Å². The van der Waals surface area contributed by atoms with Gasteiger partial charge in [-0.3, -0.25) is 4.90 Å². The molecule has 0 amide bonds. The van der Waals surface area contributed by atoms with Gasteiger partial charge in [-0.1, -0.05) is 19.3 Å². The van der Waals surface area contributed by atoms with Gasteiger partial charge in [0.2, 0.25) is 0 Å². The van der Waals surface area contributed by atoms with Crippen LogP contribution in [-0.4, -0.2) is 61.7 Å². The van der Waals surface area contributed by atoms with Crippen LogP contribution in [0.3, 0.4) is 0 Å². The zero-order chi connectivity index (χ0) is 13.7. The van der Waals surface area contributed by atoms with E-state index in [1.165, 1.54) is 64.6 Å². The Bertz CT molecular complexity index is 248. The van der Waals surface area contributed by atoms with Crippen LogP contribution in [0, 0.1) is 0 Å². The molecule has 2 fully saturated rings. The molecule has 19 heavy (non-hydrogen) atoms. The van der Waals surface area contributed by atoms with Crippen LogP contribution >= 0.6 is 0 Å². The van der Waals surface area contributed by atoms with E-state index in [4.69, 9.17) is 0 Å². The summed E-state index contributed by atoms with van der Waals surface area (Å²) in [7, 11) is 4.39. The summed E-state index contributed by atoms with van der Waals surface area (Å²) in [6.45, 7) is 6.10. The molecule has 1 heterocycles. The van der Waals surface area contributed by atoms with E-state index >= 15 is 0 Å². The maximum atomic E-state index is 3.82. The summed E-state index contributed by atoms with van der Waals surface area (Å²) in [5.74, 6) is 0. The van der Waals surface area contributed by atoms with Gasteiger partial charge in [0.05, 0.1) is 0 Å². The first-order valence-corrected chi connectivity index (χ1v) is 8.30. The molecule has 1 N–H and O–H groups in total. The van der Waals surface area contributed by atoms with Crippen LogP contribution < -0.4 is 5.32 Å². The average Bonchev–Trinajstić information content (AvgIpc) is 2.84. The van der Waals surface area contributed by atoms with Crippen molar-refractivity contribution in [2.75, 3.05) is 33.7 Å². The molecule has 0 aromatic rings. The molecule has 0 aromatic heterocycles. The van der Waals surface area contributed by atoms with E-state index in [2.05, 4.69) is 36.1 Å². The zero-order valence-electron chi connectivity index (χ0n) is 13.2. The molecule has 112 valence electrons. The van der Waals surface area contributed by atoms with Crippen molar-refractivity contribution < 1.29 is 0 Å². The van der Waals surface area contributed by atoms with Crippen molar-refractivity contribution in [3.8, 4) is 0 Å². The molecule has 2 unspecified atom stereocenters. The summed E-state index contributed by atoms with van der Waals surface area (Å²) >= 11 is 0. The largest absolute Gasteiger partial charge is 0.312 e. The summed E-state index contributed by atoms with van der Waals surface area (Å²) in [6, 6.07) is 2.26. The SMILES string of the molecule is CC(CNC1CCCCC1)N1CCCC1CN(C)C. The Balaban J connectivity index is 1.73. The molecular formula is C16H33N3. The van der Waals surface area contributed by atoms with Gasteiger partial charge >= 0.3 is 0 Å². The van der Waals surface area contributed by atoms with Crippen molar-refractivity contribution in [3.63, 3.8) is 0 Å². The lowest BCUT2D eigenvalue weighted by Gasteiger charge is -2.34. The Morgan fingerprint density at radius 1 is 1.11 bits per heavy atom. The lowest BCUT2D eigenvalue weighted by atomic mass is 9.95. The van der Waals surface area contributed by atoms with Gasteiger partial charge in [0, 0.05) is 31.2 Å². The normalized spacial score (nSPS) is 28.1. The first-order valence-electron chi connectivity index (χ1n) is 8.30. The van der Waals surface area contributed by atoms with Crippen LogP contribution in [0.15, 0.2) is 0 Å². The number of likely N-dealkylation sites (N-methyl/N-ethyl adjacent to an activating group) is 1. The fourth-order valence-corrected chi connectivity index (χ4v) is 3.82. The van der Waals surface area contributed by atoms with Gasteiger partial charge in [-0.15, -0.1) is 0 Å². The van der Waals surface area contributed by atoms with Crippen LogP contribution in [0.5, 0.6) is 0 Å². The van der Waals surface area contributed by atoms with Crippen LogP contribution in [-0.2, 0) is 0 Å². The Labute approximate surface area is 119 Å². The fourth-order valence-electron chi connectivity index (χ4n) is 3.82. The van der Waals surface area contributed by atoms with Crippen LogP contribution in [0.1, 0.15) is 51.9 Å². The van der Waals surface area contributed by atoms with Gasteiger partial charge in [0.1, 0.15) is 0 Å². The second kappa shape index (κ2) is 7.61. The topological polar surface area (TPSA) is 18.5 Å². The third-order valence-corrected chi connectivity index (χ3v) is 4.87. The minimum Gasteiger partial charge on any atom is -0.312 e. The van der Waals surface area contributed by atoms with Gasteiger partial charge < -0.3 is 10.2 Å². The minimum absolute atomic E-state index is 0.689. The van der Waals surface area contributed by atoms with Crippen molar-refractivity contribution >= 4 is 0 Å². The highest BCUT2D eigenvalue weighted by Crippen LogP contribution is 2.21. The molecule has 0 radical (unpaired) electrons. The predicted octanol–water partition coefficient (Wildman–Crippen LogP) is 2.32. The molecule has 3 heteroatoms. The van der Waals surface area contributed by atoms with Crippen molar-refractivity contribution in [2.45, 2.75) is 70.0 Å². The van der Waals surface area contributed by atoms with Gasteiger partial charge in [-0.2, -0.15) is 0 Å². The number of nitrogens with one attached hydrogen (secondary N) is 1. The van der Waals surface area contributed by atoms with E-state index in [0.717, 1.165) is 12.1 Å². The maximum absolute atomic E-state index is 3.82. The molecule has 2 rings (SSSR count). The Kier molecular flexibility index (Phi) is 6.11. The maximum Gasteiger partial charge on any atom is 0.0226 e. The standard InChI is InChI=1S/C16H33N3/c1-14(12-17-15-8-5-4-6-9-15)19-11-7-10-16(19)13-18(2)3/h14-17H,4-13H2,1-3H3. The van der Waals surface area contributed by atoms with E-state index in [0.29, 0.717) is 6.04 Å². The van der Waals surface area contributed by atoms with E-state index in [1.54, 1.807) is 0 Å². The molecule has 3 nitrogen and oxygen atoms in total. The first kappa shape index (κ1) is 15.3. The summed E-state index contributed by atoms with van der Waals surface area (Å²) in [5.41, 5.74) is 0. The minimum atomic E-state index is 0.689. The molecule has 1 saturated heterocycles. The third-order valence-electron chi connectivity index (χ3n) is 4.87. The molecule has 0 aromatic carbocycles. The molecule has 2 aliphatic rings. The number of likely N-dealkylation sites (tertiary alicyclic amines) is 1. The van der Waals surface area contributed by atoms with Gasteiger partial charge in [-0.05, 0) is 53.2 Å². The second-order valence-corrected chi connectivity index (χ2v) is 6.89. The molecule has 0 spiro atoms. The van der Waals surface area contributed by atoms with E-state index in [-0.39, 0.29) is 0 Å². The predicted molar refractivity (Wildman–Crippen MR) is 82.6 cm³/mol. The third kappa shape index (κ3) is 4.73. The molecular weight excluding hydrogens is 234 g/mol. The van der Waals surface area contributed by atoms with Crippen molar-refractivity contribution in [1.82, 2.24) is 15.1 Å². The number of nitrogens with zero attached hydrogens (tertiary/aromatic N) is 2. The van der Waals surface area contributed by atoms with Crippen LogP contribution in [0.25, 0.3) is 0 Å². The van der Waals surface area contributed by atoms with Crippen molar-refractivity contribution in [3.05, 3.63) is 0 Å². The number of rotatable bonds is 6. The molecule has 0 bridgehead atoms. The summed E-state index contributed by atoms with van der Waals surface area (Å²) in [4.78, 5) is 5.07. The fraction of sp³-hybridized carbons (Fsp3) is 1.00. The van der Waals surface area contributed by atoms with Crippen molar-refractivity contribution in [2.24, 2.45) is 0 Å². The van der Waals surface area contributed by atoms with E-state index in [9.17, 15) is 0 Å². The highest BCUT2D eigenvalue weighted by atomic mass is 15.2. The second-order valence-electron chi connectivity index (χ2n) is 6.89. The average molecular weight is 267 g/mol. The van der Waals surface area contributed by atoms with Gasteiger partial charge in [-0.25, -0.2) is 0 Å². The highest BCUT2D eigenvalue weighted by Gasteiger charge is 2.28. The quantitative estimate of drug-likeness (QED) is 0.797. The lowest BCUT2D eigenvalue weighted by molar-refractivity contribution is 0.154. The van der Waals surface area contributed by atoms with Crippen LogP contribution in [0.4, 0.5) is 0 Å². The number of hydrogen-bond acceptors (Lipinski definition) is 3. The Hall–Kier alpha value is -0.120. The van der Waals surface area contributed by atoms with E-state index < -0.39 is 0 Å². The van der Waals surface area contributed by atoms with Crippen LogP contribution in [0.2, 0.25) is 0 Å². The molecule has 1 aliphatic carbocycles. The number of hydrogen-bond donors (Lipinski definition) is 1.